The number of nitrogens with one attached hydrogen (secondary N) is 2. The number of benzene rings is 1. The van der Waals surface area contributed by atoms with Gasteiger partial charge in [0, 0.05) is 18.7 Å². The average Bonchev–Trinajstić information content (AvgIpc) is 2.28. The molecule has 0 aliphatic carbocycles. The predicted octanol–water partition coefficient (Wildman–Crippen LogP) is 0.783. The minimum absolute atomic E-state index is 0.105. The summed E-state index contributed by atoms with van der Waals surface area (Å²) in [4.78, 5) is 22.1. The lowest BCUT2D eigenvalue weighted by atomic mass is 10.2. The van der Waals surface area contributed by atoms with Crippen molar-refractivity contribution in [3.05, 3.63) is 30.1 Å². The predicted molar refractivity (Wildman–Crippen MR) is 61.7 cm³/mol. The molecule has 18 heavy (non-hydrogen) atoms. The van der Waals surface area contributed by atoms with Gasteiger partial charge in [-0.15, -0.1) is 0 Å². The number of aliphatic carboxylic acids is 1. The van der Waals surface area contributed by atoms with Crippen LogP contribution in [-0.4, -0.2) is 34.9 Å². The molecule has 0 fully saturated rings. The van der Waals surface area contributed by atoms with Crippen molar-refractivity contribution in [1.29, 1.82) is 0 Å². The van der Waals surface area contributed by atoms with Crippen molar-refractivity contribution in [3.63, 3.8) is 0 Å². The van der Waals surface area contributed by atoms with Crippen molar-refractivity contribution in [2.45, 2.75) is 12.5 Å². The lowest BCUT2D eigenvalue weighted by Crippen LogP contribution is -2.43. The molecule has 0 saturated carbocycles. The molecular weight excluding hydrogens is 243 g/mol. The maximum Gasteiger partial charge on any atom is 0.326 e. The second-order valence-corrected chi connectivity index (χ2v) is 3.51. The number of urea groups is 1. The van der Waals surface area contributed by atoms with E-state index in [1.165, 1.54) is 18.2 Å². The van der Waals surface area contributed by atoms with E-state index in [0.29, 0.717) is 0 Å². The second kappa shape index (κ2) is 6.55. The van der Waals surface area contributed by atoms with Crippen LogP contribution in [0.15, 0.2) is 24.3 Å². The second-order valence-electron chi connectivity index (χ2n) is 3.51. The lowest BCUT2D eigenvalue weighted by molar-refractivity contribution is -0.139. The van der Waals surface area contributed by atoms with Crippen molar-refractivity contribution < 1.29 is 24.2 Å². The molecule has 6 nitrogen and oxygen atoms in total. The number of anilines is 1. The van der Waals surface area contributed by atoms with Crippen LogP contribution in [0.4, 0.5) is 14.9 Å². The van der Waals surface area contributed by atoms with E-state index in [1.807, 2.05) is 0 Å². The first-order valence-corrected chi connectivity index (χ1v) is 5.19. The van der Waals surface area contributed by atoms with Crippen LogP contribution in [0.25, 0.3) is 0 Å². The van der Waals surface area contributed by atoms with Gasteiger partial charge in [-0.1, -0.05) is 6.07 Å². The van der Waals surface area contributed by atoms with E-state index in [9.17, 15) is 14.0 Å². The van der Waals surface area contributed by atoms with Crippen LogP contribution in [0.2, 0.25) is 0 Å². The van der Waals surface area contributed by atoms with Crippen LogP contribution < -0.4 is 10.6 Å². The lowest BCUT2D eigenvalue weighted by Gasteiger charge is -2.13. The zero-order valence-corrected chi connectivity index (χ0v) is 9.39. The highest BCUT2D eigenvalue weighted by molar-refractivity contribution is 5.92. The smallest absolute Gasteiger partial charge is 0.326 e. The van der Waals surface area contributed by atoms with Gasteiger partial charge in [0.1, 0.15) is 11.9 Å². The van der Waals surface area contributed by atoms with Crippen molar-refractivity contribution in [2.75, 3.05) is 11.9 Å². The molecule has 0 heterocycles. The molecule has 2 amide bonds. The van der Waals surface area contributed by atoms with E-state index < -0.39 is 23.9 Å². The third kappa shape index (κ3) is 4.38. The summed E-state index contributed by atoms with van der Waals surface area (Å²) in [5.41, 5.74) is 0.209. The van der Waals surface area contributed by atoms with Crippen LogP contribution in [0.3, 0.4) is 0 Å². The van der Waals surface area contributed by atoms with E-state index in [2.05, 4.69) is 10.6 Å². The van der Waals surface area contributed by atoms with E-state index in [-0.39, 0.29) is 18.7 Å². The SMILES string of the molecule is O=C(Nc1cccc(F)c1)NC(CCO)C(=O)O. The highest BCUT2D eigenvalue weighted by atomic mass is 19.1. The van der Waals surface area contributed by atoms with Crippen LogP contribution >= 0.6 is 0 Å². The number of amides is 2. The van der Waals surface area contributed by atoms with Gasteiger partial charge in [0.25, 0.3) is 0 Å². The maximum atomic E-state index is 12.8. The van der Waals surface area contributed by atoms with Crippen molar-refractivity contribution in [1.82, 2.24) is 5.32 Å². The Morgan fingerprint density at radius 3 is 2.67 bits per heavy atom. The third-order valence-corrected chi connectivity index (χ3v) is 2.10. The van der Waals surface area contributed by atoms with Gasteiger partial charge in [-0.25, -0.2) is 14.0 Å². The number of carbonyl (C=O) groups excluding carboxylic acids is 1. The number of aliphatic hydroxyl groups excluding tert-OH is 1. The molecule has 1 rings (SSSR count). The number of carbonyl (C=O) groups is 2. The Morgan fingerprint density at radius 2 is 2.11 bits per heavy atom. The van der Waals surface area contributed by atoms with Crippen LogP contribution in [-0.2, 0) is 4.79 Å². The molecule has 0 spiro atoms. The van der Waals surface area contributed by atoms with E-state index in [1.54, 1.807) is 0 Å². The summed E-state index contributed by atoms with van der Waals surface area (Å²) in [6, 6.07) is 3.22. The van der Waals surface area contributed by atoms with Gasteiger partial charge < -0.3 is 20.8 Å². The summed E-state index contributed by atoms with van der Waals surface area (Å²) in [5.74, 6) is -1.77. The van der Waals surface area contributed by atoms with Gasteiger partial charge in [-0.2, -0.15) is 0 Å². The molecule has 1 aromatic rings. The molecule has 1 aromatic carbocycles. The first-order valence-electron chi connectivity index (χ1n) is 5.19. The van der Waals surface area contributed by atoms with Crippen molar-refractivity contribution in [2.24, 2.45) is 0 Å². The molecule has 0 aliphatic rings. The van der Waals surface area contributed by atoms with E-state index in [0.717, 1.165) is 6.07 Å². The molecular formula is C11H13FN2O4. The van der Waals surface area contributed by atoms with E-state index >= 15 is 0 Å². The Hall–Kier alpha value is -2.15. The fourth-order valence-corrected chi connectivity index (χ4v) is 1.28. The summed E-state index contributed by atoms with van der Waals surface area (Å²) < 4.78 is 12.8. The fourth-order valence-electron chi connectivity index (χ4n) is 1.28. The van der Waals surface area contributed by atoms with E-state index in [4.69, 9.17) is 10.2 Å². The number of halogens is 1. The minimum Gasteiger partial charge on any atom is -0.480 e. The Morgan fingerprint density at radius 1 is 1.39 bits per heavy atom. The Bertz CT molecular complexity index is 439. The number of rotatable bonds is 5. The zero-order valence-electron chi connectivity index (χ0n) is 9.39. The molecule has 0 saturated heterocycles. The number of hydrogen-bond acceptors (Lipinski definition) is 3. The fraction of sp³-hybridized carbons (Fsp3) is 0.273. The maximum absolute atomic E-state index is 12.8. The molecule has 98 valence electrons. The van der Waals surface area contributed by atoms with Crippen LogP contribution in [0, 0.1) is 5.82 Å². The molecule has 0 aliphatic heterocycles. The van der Waals surface area contributed by atoms with Crippen LogP contribution in [0.1, 0.15) is 6.42 Å². The standard InChI is InChI=1S/C11H13FN2O4/c12-7-2-1-3-8(6-7)13-11(18)14-9(4-5-15)10(16)17/h1-3,6,9,15H,4-5H2,(H,16,17)(H2,13,14,18). The molecule has 0 aromatic heterocycles. The topological polar surface area (TPSA) is 98.7 Å². The van der Waals surface area contributed by atoms with Gasteiger partial charge in [0.05, 0.1) is 0 Å². The van der Waals surface area contributed by atoms with Crippen LogP contribution in [0.5, 0.6) is 0 Å². The van der Waals surface area contributed by atoms with Crippen molar-refractivity contribution in [3.8, 4) is 0 Å². The number of carboxylic acids is 1. The molecule has 1 unspecified atom stereocenters. The summed E-state index contributed by atoms with van der Waals surface area (Å²) in [6.07, 6.45) is -0.105. The molecule has 7 heteroatoms. The van der Waals surface area contributed by atoms with Crippen molar-refractivity contribution >= 4 is 17.7 Å². The van der Waals surface area contributed by atoms with Gasteiger partial charge in [-0.05, 0) is 18.2 Å². The zero-order chi connectivity index (χ0) is 13.5. The first-order chi connectivity index (χ1) is 8.52. The number of hydrogen-bond donors (Lipinski definition) is 4. The van der Waals surface area contributed by atoms with Gasteiger partial charge >= 0.3 is 12.0 Å². The third-order valence-electron chi connectivity index (χ3n) is 2.10. The largest absolute Gasteiger partial charge is 0.480 e. The Labute approximate surface area is 102 Å². The first kappa shape index (κ1) is 13.9. The molecule has 0 bridgehead atoms. The average molecular weight is 256 g/mol. The molecule has 1 atom stereocenters. The summed E-state index contributed by atoms with van der Waals surface area (Å²) in [6.45, 7) is -0.364. The summed E-state index contributed by atoms with van der Waals surface area (Å²) in [7, 11) is 0. The monoisotopic (exact) mass is 256 g/mol. The quantitative estimate of drug-likeness (QED) is 0.625. The Kier molecular flexibility index (Phi) is 5.06. The normalized spacial score (nSPS) is 11.7. The highest BCUT2D eigenvalue weighted by Gasteiger charge is 2.19. The van der Waals surface area contributed by atoms with Gasteiger partial charge in [0.15, 0.2) is 0 Å². The molecule has 4 N–H and O–H groups in total. The van der Waals surface area contributed by atoms with Gasteiger partial charge in [-0.3, -0.25) is 0 Å². The number of carboxylic acid groups (broad SMARTS) is 1. The minimum atomic E-state index is -1.25. The highest BCUT2D eigenvalue weighted by Crippen LogP contribution is 2.08. The Balaban J connectivity index is 2.57. The summed E-state index contributed by atoms with van der Waals surface area (Å²) >= 11 is 0. The number of aliphatic hydroxyl groups is 1. The molecule has 0 radical (unpaired) electrons. The summed E-state index contributed by atoms with van der Waals surface area (Å²) in [5, 5.41) is 21.8. The van der Waals surface area contributed by atoms with Gasteiger partial charge in [0.2, 0.25) is 0 Å².